The van der Waals surface area contributed by atoms with E-state index in [1.807, 2.05) is 0 Å². The Labute approximate surface area is 186 Å². The summed E-state index contributed by atoms with van der Waals surface area (Å²) in [6, 6.07) is 14.1. The van der Waals surface area contributed by atoms with Gasteiger partial charge >= 0.3 is 0 Å². The first kappa shape index (κ1) is 24.5. The van der Waals surface area contributed by atoms with Gasteiger partial charge in [0.05, 0.1) is 0 Å². The lowest BCUT2D eigenvalue weighted by molar-refractivity contribution is 0.566. The Kier molecular flexibility index (Phi) is 6.32. The highest BCUT2D eigenvalue weighted by Crippen LogP contribution is 2.42. The number of hydrogen-bond acceptors (Lipinski definition) is 1. The van der Waals surface area contributed by atoms with Crippen molar-refractivity contribution in [1.82, 2.24) is 0 Å². The SMILES string of the molecule is CN(c1ccc(C(C)(C)C)cc1C(C)(C)C)c1ccc(C(C)(C)C)cc1C(C)(C)C. The van der Waals surface area contributed by atoms with E-state index >= 15 is 0 Å². The van der Waals surface area contributed by atoms with Gasteiger partial charge in [-0.25, -0.2) is 0 Å². The van der Waals surface area contributed by atoms with Gasteiger partial charge in [-0.2, -0.15) is 0 Å². The van der Waals surface area contributed by atoms with Crippen LogP contribution >= 0.6 is 0 Å². The van der Waals surface area contributed by atoms with E-state index in [0.717, 1.165) is 0 Å². The standard InChI is InChI=1S/C29H45N/c1-26(2,3)20-14-16-24(22(18-20)28(7,8)9)30(13)25-17-15-21(27(4,5)6)19-23(25)29(10,11)12/h14-19H,1-13H3. The van der Waals surface area contributed by atoms with Crippen molar-refractivity contribution < 1.29 is 0 Å². The summed E-state index contributed by atoms with van der Waals surface area (Å²) in [4.78, 5) is 2.40. The van der Waals surface area contributed by atoms with E-state index in [2.05, 4.69) is 131 Å². The number of benzene rings is 2. The number of rotatable bonds is 2. The molecular formula is C29H45N. The molecule has 0 saturated carbocycles. The third kappa shape index (κ3) is 5.29. The lowest BCUT2D eigenvalue weighted by Gasteiger charge is -2.35. The molecule has 0 aliphatic carbocycles. The first-order chi connectivity index (χ1) is 13.3. The third-order valence-corrected chi connectivity index (χ3v) is 6.06. The third-order valence-electron chi connectivity index (χ3n) is 6.06. The van der Waals surface area contributed by atoms with E-state index in [9.17, 15) is 0 Å². The summed E-state index contributed by atoms with van der Waals surface area (Å²) in [6.45, 7) is 27.7. The molecule has 0 saturated heterocycles. The average Bonchev–Trinajstić information content (AvgIpc) is 2.57. The summed E-state index contributed by atoms with van der Waals surface area (Å²) in [5.41, 5.74) is 8.59. The van der Waals surface area contributed by atoms with Gasteiger partial charge in [0.1, 0.15) is 0 Å². The lowest BCUT2D eigenvalue weighted by atomic mass is 9.78. The summed E-state index contributed by atoms with van der Waals surface area (Å²) >= 11 is 0. The van der Waals surface area contributed by atoms with E-state index in [4.69, 9.17) is 0 Å². The fourth-order valence-electron chi connectivity index (χ4n) is 3.92. The molecule has 0 atom stereocenters. The zero-order valence-electron chi connectivity index (χ0n) is 21.9. The van der Waals surface area contributed by atoms with Gasteiger partial charge in [0.15, 0.2) is 0 Å². The van der Waals surface area contributed by atoms with Gasteiger partial charge in [0.25, 0.3) is 0 Å². The van der Waals surface area contributed by atoms with Gasteiger partial charge in [-0.1, -0.05) is 107 Å². The van der Waals surface area contributed by atoms with E-state index in [-0.39, 0.29) is 21.7 Å². The topological polar surface area (TPSA) is 3.24 Å². The van der Waals surface area contributed by atoms with Crippen LogP contribution in [0.15, 0.2) is 36.4 Å². The molecule has 0 radical (unpaired) electrons. The molecule has 0 aliphatic heterocycles. The molecule has 0 spiro atoms. The molecule has 1 nitrogen and oxygen atoms in total. The zero-order valence-corrected chi connectivity index (χ0v) is 21.9. The van der Waals surface area contributed by atoms with Crippen LogP contribution in [0, 0.1) is 0 Å². The van der Waals surface area contributed by atoms with Gasteiger partial charge < -0.3 is 4.90 Å². The van der Waals surface area contributed by atoms with Crippen LogP contribution in [-0.4, -0.2) is 7.05 Å². The largest absolute Gasteiger partial charge is 0.344 e. The molecule has 0 aromatic heterocycles. The zero-order chi connectivity index (χ0) is 23.3. The van der Waals surface area contributed by atoms with Crippen molar-refractivity contribution in [2.24, 2.45) is 0 Å². The monoisotopic (exact) mass is 407 g/mol. The van der Waals surface area contributed by atoms with Crippen molar-refractivity contribution in [1.29, 1.82) is 0 Å². The van der Waals surface area contributed by atoms with Gasteiger partial charge in [-0.15, -0.1) is 0 Å². The van der Waals surface area contributed by atoms with E-state index in [1.165, 1.54) is 33.6 Å². The van der Waals surface area contributed by atoms with Gasteiger partial charge in [-0.3, -0.25) is 0 Å². The molecule has 2 rings (SSSR count). The lowest BCUT2D eigenvalue weighted by Crippen LogP contribution is -2.24. The van der Waals surface area contributed by atoms with E-state index in [1.54, 1.807) is 0 Å². The molecule has 0 heterocycles. The van der Waals surface area contributed by atoms with Crippen LogP contribution in [-0.2, 0) is 21.7 Å². The normalized spacial score (nSPS) is 13.5. The molecule has 2 aromatic rings. The second kappa shape index (κ2) is 7.74. The maximum Gasteiger partial charge on any atom is 0.0446 e. The van der Waals surface area contributed by atoms with E-state index in [0.29, 0.717) is 0 Å². The van der Waals surface area contributed by atoms with Crippen molar-refractivity contribution >= 4 is 11.4 Å². The highest BCUT2D eigenvalue weighted by atomic mass is 15.1. The summed E-state index contributed by atoms with van der Waals surface area (Å²) in [7, 11) is 2.22. The average molecular weight is 408 g/mol. The van der Waals surface area contributed by atoms with Crippen LogP contribution < -0.4 is 4.90 Å². The van der Waals surface area contributed by atoms with Crippen LogP contribution in [0.3, 0.4) is 0 Å². The molecular weight excluding hydrogens is 362 g/mol. The minimum absolute atomic E-state index is 0.0676. The van der Waals surface area contributed by atoms with E-state index < -0.39 is 0 Å². The second-order valence-corrected chi connectivity index (χ2v) is 13.0. The Morgan fingerprint density at radius 3 is 1.00 bits per heavy atom. The van der Waals surface area contributed by atoms with Crippen molar-refractivity contribution in [2.75, 3.05) is 11.9 Å². The van der Waals surface area contributed by atoms with Crippen molar-refractivity contribution in [2.45, 2.75) is 105 Å². The maximum absolute atomic E-state index is 2.42. The fraction of sp³-hybridized carbons (Fsp3) is 0.586. The highest BCUT2D eigenvalue weighted by Gasteiger charge is 2.28. The van der Waals surface area contributed by atoms with Gasteiger partial charge in [0, 0.05) is 18.4 Å². The summed E-state index contributed by atoms with van der Waals surface area (Å²) in [6.07, 6.45) is 0. The minimum atomic E-state index is 0.0676. The Morgan fingerprint density at radius 2 is 0.767 bits per heavy atom. The van der Waals surface area contributed by atoms with Crippen LogP contribution in [0.25, 0.3) is 0 Å². The van der Waals surface area contributed by atoms with Gasteiger partial charge in [0.2, 0.25) is 0 Å². The molecule has 0 unspecified atom stereocenters. The highest BCUT2D eigenvalue weighted by molar-refractivity contribution is 5.71. The Hall–Kier alpha value is -1.76. The van der Waals surface area contributed by atoms with Crippen LogP contribution in [0.1, 0.15) is 105 Å². The van der Waals surface area contributed by atoms with Crippen molar-refractivity contribution in [3.8, 4) is 0 Å². The number of hydrogen-bond donors (Lipinski definition) is 0. The maximum atomic E-state index is 2.42. The predicted molar refractivity (Wildman–Crippen MR) is 136 cm³/mol. The minimum Gasteiger partial charge on any atom is -0.344 e. The Bertz CT molecular complexity index is 814. The van der Waals surface area contributed by atoms with Crippen LogP contribution in [0.2, 0.25) is 0 Å². The molecule has 166 valence electrons. The van der Waals surface area contributed by atoms with Crippen LogP contribution in [0.5, 0.6) is 0 Å². The fourth-order valence-corrected chi connectivity index (χ4v) is 3.92. The molecule has 1 heteroatoms. The summed E-state index contributed by atoms with van der Waals surface area (Å²) in [5, 5.41) is 0. The first-order valence-electron chi connectivity index (χ1n) is 11.4. The number of anilines is 2. The summed E-state index contributed by atoms with van der Waals surface area (Å²) < 4.78 is 0. The molecule has 0 fully saturated rings. The Balaban J connectivity index is 2.73. The molecule has 30 heavy (non-hydrogen) atoms. The molecule has 0 amide bonds. The van der Waals surface area contributed by atoms with Crippen molar-refractivity contribution in [3.63, 3.8) is 0 Å². The molecule has 0 bridgehead atoms. The molecule has 0 aliphatic rings. The second-order valence-electron chi connectivity index (χ2n) is 13.0. The first-order valence-corrected chi connectivity index (χ1v) is 11.4. The quantitative estimate of drug-likeness (QED) is 0.481. The van der Waals surface area contributed by atoms with Crippen LogP contribution in [0.4, 0.5) is 11.4 Å². The number of nitrogens with zero attached hydrogens (tertiary/aromatic N) is 1. The Morgan fingerprint density at radius 1 is 0.467 bits per heavy atom. The molecule has 0 N–H and O–H groups in total. The predicted octanol–water partition coefficient (Wildman–Crippen LogP) is 8.64. The smallest absolute Gasteiger partial charge is 0.0446 e. The molecule has 2 aromatic carbocycles. The van der Waals surface area contributed by atoms with Crippen molar-refractivity contribution in [3.05, 3.63) is 58.7 Å². The summed E-state index contributed by atoms with van der Waals surface area (Å²) in [5.74, 6) is 0. The van der Waals surface area contributed by atoms with Gasteiger partial charge in [-0.05, 0) is 56.0 Å².